The Bertz CT molecular complexity index is 1050. The highest BCUT2D eigenvalue weighted by atomic mass is 16.7. The predicted molar refractivity (Wildman–Crippen MR) is 124 cm³/mol. The normalized spacial score (nSPS) is 22.3. The number of methoxy groups -OCH3 is 4. The minimum Gasteiger partial charge on any atom is -0.493 e. The van der Waals surface area contributed by atoms with Crippen molar-refractivity contribution in [3.8, 4) is 28.7 Å². The second-order valence-corrected chi connectivity index (χ2v) is 8.37. The van der Waals surface area contributed by atoms with Crippen LogP contribution >= 0.6 is 0 Å². The first-order valence-corrected chi connectivity index (χ1v) is 11.3. The van der Waals surface area contributed by atoms with Crippen LogP contribution in [-0.4, -0.2) is 71.1 Å². The van der Waals surface area contributed by atoms with E-state index < -0.39 is 30.5 Å². The Kier molecular flexibility index (Phi) is 7.54. The van der Waals surface area contributed by atoms with Crippen LogP contribution in [0, 0.1) is 11.8 Å². The van der Waals surface area contributed by atoms with Crippen LogP contribution in [0.5, 0.6) is 28.7 Å². The quantitative estimate of drug-likeness (QED) is 0.451. The highest BCUT2D eigenvalue weighted by molar-refractivity contribution is 5.82. The minimum absolute atomic E-state index is 0.0630. The van der Waals surface area contributed by atoms with E-state index in [9.17, 15) is 15.0 Å². The summed E-state index contributed by atoms with van der Waals surface area (Å²) in [5, 5.41) is 24.5. The van der Waals surface area contributed by atoms with Crippen LogP contribution in [0.1, 0.15) is 28.7 Å². The lowest BCUT2D eigenvalue weighted by molar-refractivity contribution is -0.131. The average molecular weight is 490 g/mol. The maximum Gasteiger partial charge on any atom is 0.231 e. The van der Waals surface area contributed by atoms with E-state index in [4.69, 9.17) is 28.4 Å². The Labute approximate surface area is 203 Å². The fourth-order valence-corrected chi connectivity index (χ4v) is 4.99. The SMILES string of the molecule is COCCNC(=O)[C@@H]1[C@H](c2cc(OC)c(OC)c(OC)c2)c2cc3c(cc2[C@H](O)[C@H]1CO)OCO3. The summed E-state index contributed by atoms with van der Waals surface area (Å²) in [6.07, 6.45) is -1.10. The van der Waals surface area contributed by atoms with Gasteiger partial charge in [-0.3, -0.25) is 4.79 Å². The third kappa shape index (κ3) is 4.44. The Morgan fingerprint density at radius 1 is 1.00 bits per heavy atom. The molecule has 1 heterocycles. The molecular weight excluding hydrogens is 458 g/mol. The molecule has 0 unspecified atom stereocenters. The molecule has 0 spiro atoms. The molecule has 0 radical (unpaired) electrons. The number of aliphatic hydroxyl groups excluding tert-OH is 2. The summed E-state index contributed by atoms with van der Waals surface area (Å²) in [6.45, 7) is 0.275. The Morgan fingerprint density at radius 2 is 1.63 bits per heavy atom. The van der Waals surface area contributed by atoms with Crippen LogP contribution in [0.3, 0.4) is 0 Å². The molecule has 4 atom stereocenters. The molecule has 0 fully saturated rings. The molecule has 1 amide bonds. The van der Waals surface area contributed by atoms with Crippen molar-refractivity contribution in [2.24, 2.45) is 11.8 Å². The summed E-state index contributed by atoms with van der Waals surface area (Å²) in [7, 11) is 6.10. The number of carbonyl (C=O) groups excluding carboxylic acids is 1. The fraction of sp³-hybridized carbons (Fsp3) is 0.480. The van der Waals surface area contributed by atoms with E-state index in [1.807, 2.05) is 0 Å². The van der Waals surface area contributed by atoms with E-state index >= 15 is 0 Å². The Balaban J connectivity index is 1.93. The second kappa shape index (κ2) is 10.6. The van der Waals surface area contributed by atoms with E-state index in [0.717, 1.165) is 0 Å². The first kappa shape index (κ1) is 24.9. The van der Waals surface area contributed by atoms with Crippen molar-refractivity contribution in [2.75, 3.05) is 55.0 Å². The zero-order valence-electron chi connectivity index (χ0n) is 20.2. The van der Waals surface area contributed by atoms with Crippen LogP contribution in [0.25, 0.3) is 0 Å². The van der Waals surface area contributed by atoms with Gasteiger partial charge in [0.25, 0.3) is 0 Å². The van der Waals surface area contributed by atoms with Crippen molar-refractivity contribution < 1.29 is 43.4 Å². The summed E-state index contributed by atoms with van der Waals surface area (Å²) < 4.78 is 32.8. The number of hydrogen-bond acceptors (Lipinski definition) is 9. The zero-order valence-corrected chi connectivity index (χ0v) is 20.2. The highest BCUT2D eigenvalue weighted by Crippen LogP contribution is 2.53. The van der Waals surface area contributed by atoms with E-state index in [2.05, 4.69) is 5.32 Å². The average Bonchev–Trinajstić information content (AvgIpc) is 3.34. The summed E-state index contributed by atoms with van der Waals surface area (Å²) in [4.78, 5) is 13.5. The molecule has 0 aromatic heterocycles. The smallest absolute Gasteiger partial charge is 0.231 e. The molecule has 0 bridgehead atoms. The molecule has 3 N–H and O–H groups in total. The summed E-state index contributed by atoms with van der Waals surface area (Å²) in [5.41, 5.74) is 1.94. The lowest BCUT2D eigenvalue weighted by Gasteiger charge is -2.41. The van der Waals surface area contributed by atoms with Gasteiger partial charge in [-0.2, -0.15) is 0 Å². The standard InChI is InChI=1S/C25H31NO9/c1-30-6-5-26-25(29)22-16(11-27)23(28)15-10-18-17(34-12-35-18)9-14(15)21(22)13-7-19(31-2)24(33-4)20(8-13)32-3/h7-10,16,21-23,27-28H,5-6,11-12H2,1-4H3,(H,26,29)/t16-,21+,22-,23-/m0/s1. The molecule has 0 saturated carbocycles. The van der Waals surface area contributed by atoms with Gasteiger partial charge in [0.15, 0.2) is 23.0 Å². The lowest BCUT2D eigenvalue weighted by atomic mass is 9.64. The lowest BCUT2D eigenvalue weighted by Crippen LogP contribution is -2.46. The van der Waals surface area contributed by atoms with Gasteiger partial charge in [-0.1, -0.05) is 0 Å². The number of nitrogens with one attached hydrogen (secondary N) is 1. The molecule has 1 aliphatic heterocycles. The van der Waals surface area contributed by atoms with Crippen LogP contribution in [0.4, 0.5) is 0 Å². The van der Waals surface area contributed by atoms with Gasteiger partial charge in [0.1, 0.15) is 0 Å². The number of benzene rings is 2. The third-order valence-electron chi connectivity index (χ3n) is 6.62. The summed E-state index contributed by atoms with van der Waals surface area (Å²) in [5.74, 6) is -0.194. The second-order valence-electron chi connectivity index (χ2n) is 8.37. The zero-order chi connectivity index (χ0) is 25.1. The molecule has 1 aliphatic carbocycles. The number of aliphatic hydroxyl groups is 2. The number of ether oxygens (including phenoxy) is 6. The number of fused-ring (bicyclic) bond motifs is 2. The molecule has 2 aliphatic rings. The van der Waals surface area contributed by atoms with Gasteiger partial charge in [-0.05, 0) is 41.0 Å². The number of hydrogen-bond donors (Lipinski definition) is 3. The van der Waals surface area contributed by atoms with Gasteiger partial charge in [-0.25, -0.2) is 0 Å². The van der Waals surface area contributed by atoms with Crippen molar-refractivity contribution in [1.82, 2.24) is 5.32 Å². The van der Waals surface area contributed by atoms with Gasteiger partial charge in [0.05, 0.1) is 40.0 Å². The van der Waals surface area contributed by atoms with Crippen molar-refractivity contribution in [3.63, 3.8) is 0 Å². The van der Waals surface area contributed by atoms with E-state index in [0.29, 0.717) is 52.0 Å². The molecule has 190 valence electrons. The maximum absolute atomic E-state index is 13.5. The molecule has 10 heteroatoms. The largest absolute Gasteiger partial charge is 0.493 e. The van der Waals surface area contributed by atoms with E-state index in [1.165, 1.54) is 21.3 Å². The molecule has 4 rings (SSSR count). The van der Waals surface area contributed by atoms with Crippen molar-refractivity contribution >= 4 is 5.91 Å². The topological polar surface area (TPSA) is 125 Å². The summed E-state index contributed by atoms with van der Waals surface area (Å²) in [6, 6.07) is 7.07. The van der Waals surface area contributed by atoms with Gasteiger partial charge in [0, 0.05) is 32.1 Å². The van der Waals surface area contributed by atoms with Gasteiger partial charge >= 0.3 is 0 Å². The van der Waals surface area contributed by atoms with Crippen molar-refractivity contribution in [1.29, 1.82) is 0 Å². The number of rotatable bonds is 9. The van der Waals surface area contributed by atoms with Crippen LogP contribution < -0.4 is 29.0 Å². The van der Waals surface area contributed by atoms with Crippen molar-refractivity contribution in [2.45, 2.75) is 12.0 Å². The Hall–Kier alpha value is -3.21. The molecule has 35 heavy (non-hydrogen) atoms. The fourth-order valence-electron chi connectivity index (χ4n) is 4.99. The first-order valence-electron chi connectivity index (χ1n) is 11.3. The van der Waals surface area contributed by atoms with Gasteiger partial charge < -0.3 is 44.0 Å². The molecular formula is C25H31NO9. The van der Waals surface area contributed by atoms with Crippen LogP contribution in [0.2, 0.25) is 0 Å². The predicted octanol–water partition coefficient (Wildman–Crippen LogP) is 1.61. The van der Waals surface area contributed by atoms with Crippen LogP contribution in [-0.2, 0) is 9.53 Å². The van der Waals surface area contributed by atoms with Crippen LogP contribution in [0.15, 0.2) is 24.3 Å². The van der Waals surface area contributed by atoms with Gasteiger partial charge in [0.2, 0.25) is 18.4 Å². The Morgan fingerprint density at radius 3 is 2.17 bits per heavy atom. The third-order valence-corrected chi connectivity index (χ3v) is 6.62. The summed E-state index contributed by atoms with van der Waals surface area (Å²) >= 11 is 0. The minimum atomic E-state index is -1.10. The monoisotopic (exact) mass is 489 g/mol. The van der Waals surface area contributed by atoms with Crippen molar-refractivity contribution in [3.05, 3.63) is 41.0 Å². The van der Waals surface area contributed by atoms with Gasteiger partial charge in [-0.15, -0.1) is 0 Å². The first-order chi connectivity index (χ1) is 17.0. The molecule has 0 saturated heterocycles. The van der Waals surface area contributed by atoms with E-state index in [1.54, 1.807) is 31.4 Å². The molecule has 10 nitrogen and oxygen atoms in total. The maximum atomic E-state index is 13.5. The van der Waals surface area contributed by atoms with E-state index in [-0.39, 0.29) is 19.2 Å². The highest BCUT2D eigenvalue weighted by Gasteiger charge is 2.47. The number of carbonyl (C=O) groups is 1. The molecule has 2 aromatic carbocycles. The molecule has 2 aromatic rings. The number of amides is 1.